The van der Waals surface area contributed by atoms with E-state index in [1.165, 1.54) is 11.4 Å². The molecular formula is C18H32N2O2. The van der Waals surface area contributed by atoms with Crippen LogP contribution in [0.2, 0.25) is 0 Å². The molecule has 0 bridgehead atoms. The predicted molar refractivity (Wildman–Crippen MR) is 89.9 cm³/mol. The van der Waals surface area contributed by atoms with E-state index < -0.39 is 0 Å². The highest BCUT2D eigenvalue weighted by Gasteiger charge is 2.22. The number of aliphatic hydroxyl groups excluding tert-OH is 2. The van der Waals surface area contributed by atoms with Gasteiger partial charge in [0.2, 0.25) is 0 Å². The van der Waals surface area contributed by atoms with Crippen LogP contribution in [-0.2, 0) is 0 Å². The Labute approximate surface area is 134 Å². The van der Waals surface area contributed by atoms with Gasteiger partial charge in [0, 0.05) is 23.5 Å². The lowest BCUT2D eigenvalue weighted by molar-refractivity contribution is 0.110. The first-order valence-electron chi connectivity index (χ1n) is 8.73. The van der Waals surface area contributed by atoms with Crippen molar-refractivity contribution in [3.8, 4) is 0 Å². The van der Waals surface area contributed by atoms with E-state index in [2.05, 4.69) is 30.5 Å². The average molecular weight is 308 g/mol. The lowest BCUT2D eigenvalue weighted by Gasteiger charge is -2.29. The van der Waals surface area contributed by atoms with Crippen molar-refractivity contribution in [3.63, 3.8) is 0 Å². The zero-order chi connectivity index (χ0) is 16.1. The van der Waals surface area contributed by atoms with Crippen molar-refractivity contribution in [2.24, 2.45) is 5.73 Å². The Morgan fingerprint density at radius 3 is 1.64 bits per heavy atom. The number of aromatic nitrogens is 1. The van der Waals surface area contributed by atoms with E-state index in [9.17, 15) is 5.11 Å². The highest BCUT2D eigenvalue weighted by atomic mass is 16.3. The van der Waals surface area contributed by atoms with Gasteiger partial charge in [-0.3, -0.25) is 0 Å². The summed E-state index contributed by atoms with van der Waals surface area (Å²) in [5.41, 5.74) is 8.29. The third-order valence-electron chi connectivity index (χ3n) is 5.10. The second kappa shape index (κ2) is 8.14. The number of nitrogens with zero attached hydrogens (tertiary/aromatic N) is 1. The summed E-state index contributed by atoms with van der Waals surface area (Å²) < 4.78 is 2.42. The van der Waals surface area contributed by atoms with Crippen molar-refractivity contribution in [1.29, 1.82) is 0 Å². The molecule has 1 heterocycles. The van der Waals surface area contributed by atoms with Gasteiger partial charge in [-0.15, -0.1) is 0 Å². The van der Waals surface area contributed by atoms with E-state index in [4.69, 9.17) is 10.8 Å². The SMILES string of the molecule is Cc1ccc(C)n1C1CCC(O)CC1.NC1CCC(O)CC1. The Balaban J connectivity index is 0.000000188. The lowest BCUT2D eigenvalue weighted by atomic mass is 9.92. The minimum absolute atomic E-state index is 0.0533. The van der Waals surface area contributed by atoms with E-state index in [-0.39, 0.29) is 12.2 Å². The Kier molecular flexibility index (Phi) is 6.48. The van der Waals surface area contributed by atoms with Crippen molar-refractivity contribution in [2.75, 3.05) is 0 Å². The van der Waals surface area contributed by atoms with Gasteiger partial charge in [-0.05, 0) is 77.3 Å². The summed E-state index contributed by atoms with van der Waals surface area (Å²) in [5, 5.41) is 18.4. The minimum atomic E-state index is -0.0604. The van der Waals surface area contributed by atoms with Gasteiger partial charge in [-0.25, -0.2) is 0 Å². The summed E-state index contributed by atoms with van der Waals surface area (Å²) in [6.45, 7) is 4.33. The van der Waals surface area contributed by atoms with Crippen molar-refractivity contribution in [3.05, 3.63) is 23.5 Å². The topological polar surface area (TPSA) is 71.4 Å². The molecule has 4 nitrogen and oxygen atoms in total. The molecule has 2 saturated carbocycles. The third-order valence-corrected chi connectivity index (χ3v) is 5.10. The van der Waals surface area contributed by atoms with Gasteiger partial charge < -0.3 is 20.5 Å². The Hall–Kier alpha value is -0.840. The van der Waals surface area contributed by atoms with Crippen molar-refractivity contribution in [2.45, 2.75) is 89.5 Å². The second-order valence-corrected chi connectivity index (χ2v) is 7.02. The molecule has 1 aromatic heterocycles. The van der Waals surface area contributed by atoms with Gasteiger partial charge in [-0.1, -0.05) is 0 Å². The molecule has 0 saturated heterocycles. The van der Waals surface area contributed by atoms with Crippen LogP contribution in [0.1, 0.15) is 68.8 Å². The van der Waals surface area contributed by atoms with Crippen molar-refractivity contribution < 1.29 is 10.2 Å². The second-order valence-electron chi connectivity index (χ2n) is 7.02. The van der Waals surface area contributed by atoms with Gasteiger partial charge in [0.15, 0.2) is 0 Å². The third kappa shape index (κ3) is 4.83. The monoisotopic (exact) mass is 308 g/mol. The fraction of sp³-hybridized carbons (Fsp3) is 0.778. The number of nitrogens with two attached hydrogens (primary N) is 1. The molecule has 2 aliphatic carbocycles. The maximum absolute atomic E-state index is 9.45. The summed E-state index contributed by atoms with van der Waals surface area (Å²) in [6, 6.07) is 5.34. The number of rotatable bonds is 1. The maximum Gasteiger partial charge on any atom is 0.0541 e. The zero-order valence-electron chi connectivity index (χ0n) is 14.0. The number of aliphatic hydroxyl groups is 2. The molecule has 22 heavy (non-hydrogen) atoms. The first-order valence-corrected chi connectivity index (χ1v) is 8.73. The van der Waals surface area contributed by atoms with E-state index in [0.29, 0.717) is 12.1 Å². The van der Waals surface area contributed by atoms with Gasteiger partial charge in [0.05, 0.1) is 12.2 Å². The highest BCUT2D eigenvalue weighted by molar-refractivity contribution is 5.15. The van der Waals surface area contributed by atoms with E-state index in [1.807, 2.05) is 0 Å². The van der Waals surface area contributed by atoms with Crippen molar-refractivity contribution >= 4 is 0 Å². The Morgan fingerprint density at radius 1 is 0.818 bits per heavy atom. The summed E-state index contributed by atoms with van der Waals surface area (Å²) >= 11 is 0. The zero-order valence-corrected chi connectivity index (χ0v) is 14.0. The molecule has 0 atom stereocenters. The molecule has 2 fully saturated rings. The van der Waals surface area contributed by atoms with Crippen LogP contribution in [0.5, 0.6) is 0 Å². The first kappa shape index (κ1) is 17.5. The van der Waals surface area contributed by atoms with Crippen LogP contribution in [-0.4, -0.2) is 33.0 Å². The molecule has 0 amide bonds. The van der Waals surface area contributed by atoms with Crippen LogP contribution in [0.3, 0.4) is 0 Å². The molecule has 3 rings (SSSR count). The molecule has 0 spiro atoms. The van der Waals surface area contributed by atoms with Crippen LogP contribution in [0.4, 0.5) is 0 Å². The molecule has 1 aromatic rings. The van der Waals surface area contributed by atoms with E-state index in [0.717, 1.165) is 51.4 Å². The standard InChI is InChI=1S/C12H19NO.C6H13NO/c1-9-3-4-10(2)13(9)11-5-7-12(14)8-6-11;7-5-1-3-6(8)4-2-5/h3-4,11-12,14H,5-8H2,1-2H3;5-6,8H,1-4,7H2. The molecule has 0 aliphatic heterocycles. The fourth-order valence-electron chi connectivity index (χ4n) is 3.67. The average Bonchev–Trinajstić information content (AvgIpc) is 2.83. The van der Waals surface area contributed by atoms with Crippen LogP contribution in [0, 0.1) is 13.8 Å². The molecule has 0 radical (unpaired) electrons. The molecule has 0 aromatic carbocycles. The van der Waals surface area contributed by atoms with Crippen LogP contribution < -0.4 is 5.73 Å². The molecule has 2 aliphatic rings. The molecule has 126 valence electrons. The Bertz CT molecular complexity index is 412. The highest BCUT2D eigenvalue weighted by Crippen LogP contribution is 2.30. The summed E-state index contributed by atoms with van der Waals surface area (Å²) in [4.78, 5) is 0. The van der Waals surface area contributed by atoms with Crippen LogP contribution in [0.15, 0.2) is 12.1 Å². The Morgan fingerprint density at radius 2 is 1.23 bits per heavy atom. The molecule has 0 unspecified atom stereocenters. The summed E-state index contributed by atoms with van der Waals surface area (Å²) in [5.74, 6) is 0. The number of hydrogen-bond acceptors (Lipinski definition) is 3. The summed E-state index contributed by atoms with van der Waals surface area (Å²) in [7, 11) is 0. The van der Waals surface area contributed by atoms with Crippen LogP contribution >= 0.6 is 0 Å². The lowest BCUT2D eigenvalue weighted by Crippen LogP contribution is -2.28. The normalized spacial score (nSPS) is 32.2. The van der Waals surface area contributed by atoms with Gasteiger partial charge in [0.25, 0.3) is 0 Å². The first-order chi connectivity index (χ1) is 10.5. The summed E-state index contributed by atoms with van der Waals surface area (Å²) in [6.07, 6.45) is 7.86. The minimum Gasteiger partial charge on any atom is -0.393 e. The predicted octanol–water partition coefficient (Wildman–Crippen LogP) is 2.83. The fourth-order valence-corrected chi connectivity index (χ4v) is 3.67. The quantitative estimate of drug-likeness (QED) is 0.747. The number of aryl methyl sites for hydroxylation is 2. The molecule has 4 heteroatoms. The smallest absolute Gasteiger partial charge is 0.0541 e. The van der Waals surface area contributed by atoms with Gasteiger partial charge in [0.1, 0.15) is 0 Å². The van der Waals surface area contributed by atoms with Crippen molar-refractivity contribution in [1.82, 2.24) is 4.57 Å². The number of hydrogen-bond donors (Lipinski definition) is 3. The molecule has 4 N–H and O–H groups in total. The maximum atomic E-state index is 9.45. The van der Waals surface area contributed by atoms with Gasteiger partial charge in [-0.2, -0.15) is 0 Å². The van der Waals surface area contributed by atoms with E-state index in [1.54, 1.807) is 0 Å². The van der Waals surface area contributed by atoms with Gasteiger partial charge >= 0.3 is 0 Å². The largest absolute Gasteiger partial charge is 0.393 e. The van der Waals surface area contributed by atoms with E-state index >= 15 is 0 Å². The van der Waals surface area contributed by atoms with Crippen LogP contribution in [0.25, 0.3) is 0 Å². The molecular weight excluding hydrogens is 276 g/mol.